The average molecular weight is 590 g/mol. The summed E-state index contributed by atoms with van der Waals surface area (Å²) in [7, 11) is -4.00. The van der Waals surface area contributed by atoms with Crippen molar-refractivity contribution in [3.05, 3.63) is 53.6 Å². The highest BCUT2D eigenvalue weighted by Gasteiger charge is 2.27. The van der Waals surface area contributed by atoms with Crippen molar-refractivity contribution in [2.24, 2.45) is 0 Å². The van der Waals surface area contributed by atoms with Crippen molar-refractivity contribution in [2.75, 3.05) is 19.7 Å². The van der Waals surface area contributed by atoms with Crippen LogP contribution in [0.2, 0.25) is 0 Å². The zero-order chi connectivity index (χ0) is 30.0. The summed E-state index contributed by atoms with van der Waals surface area (Å²) in [6, 6.07) is 8.16. The van der Waals surface area contributed by atoms with Crippen LogP contribution in [-0.2, 0) is 19.4 Å². The average Bonchev–Trinajstić information content (AvgIpc) is 2.98. The van der Waals surface area contributed by atoms with E-state index in [1.165, 1.54) is 102 Å². The Morgan fingerprint density at radius 3 is 1.66 bits per heavy atom. The molecular formula is C35H59NO4S. The Labute approximate surface area is 252 Å². The molecule has 0 saturated carbocycles. The number of hydrogen-bond donors (Lipinski definition) is 0. The monoisotopic (exact) mass is 589 g/mol. The topological polar surface area (TPSA) is 63.7 Å². The lowest BCUT2D eigenvalue weighted by atomic mass is 10.1. The summed E-state index contributed by atoms with van der Waals surface area (Å²) in [4.78, 5) is 15.1. The summed E-state index contributed by atoms with van der Waals surface area (Å²) in [5.41, 5.74) is 0. The number of hydrogen-bond acceptors (Lipinski definition) is 5. The van der Waals surface area contributed by atoms with E-state index in [9.17, 15) is 13.2 Å². The number of nitrogens with zero attached hydrogens (tertiary/aromatic N) is 1. The highest BCUT2D eigenvalue weighted by Crippen LogP contribution is 2.21. The van der Waals surface area contributed by atoms with Crippen molar-refractivity contribution in [2.45, 2.75) is 141 Å². The number of benzene rings is 1. The molecule has 0 bridgehead atoms. The number of rotatable bonds is 26. The zero-order valence-corrected chi connectivity index (χ0v) is 27.3. The Morgan fingerprint density at radius 1 is 0.683 bits per heavy atom. The summed E-state index contributed by atoms with van der Waals surface area (Å²) in [5, 5.41) is 0. The van der Waals surface area contributed by atoms with Gasteiger partial charge in [-0.3, -0.25) is 0 Å². The van der Waals surface area contributed by atoms with Crippen LogP contribution in [0, 0.1) is 0 Å². The van der Waals surface area contributed by atoms with E-state index >= 15 is 0 Å². The fourth-order valence-electron chi connectivity index (χ4n) is 4.82. The van der Waals surface area contributed by atoms with Crippen molar-refractivity contribution >= 4 is 15.8 Å². The first-order valence-electron chi connectivity index (χ1n) is 16.6. The quantitative estimate of drug-likeness (QED) is 0.0466. The van der Waals surface area contributed by atoms with Gasteiger partial charge in [-0.2, -0.15) is 0 Å². The summed E-state index contributed by atoms with van der Waals surface area (Å²) < 4.78 is 32.3. The van der Waals surface area contributed by atoms with Crippen LogP contribution in [0.25, 0.3) is 0 Å². The van der Waals surface area contributed by atoms with E-state index in [-0.39, 0.29) is 16.4 Å². The van der Waals surface area contributed by atoms with E-state index in [1.807, 2.05) is 6.20 Å². The molecule has 0 atom stereocenters. The molecule has 0 heterocycles. The SMILES string of the molecule is CCCCCCCCOC(=O)C(=CC=CN(CCCCCCCC)CCCCCCCC)S(=O)(=O)c1ccccc1. The van der Waals surface area contributed by atoms with Crippen LogP contribution < -0.4 is 0 Å². The van der Waals surface area contributed by atoms with Gasteiger partial charge in [0.25, 0.3) is 0 Å². The Morgan fingerprint density at radius 2 is 1.15 bits per heavy atom. The Bertz CT molecular complexity index is 924. The number of sulfone groups is 1. The van der Waals surface area contributed by atoms with Crippen molar-refractivity contribution in [1.29, 1.82) is 0 Å². The minimum absolute atomic E-state index is 0.104. The lowest BCUT2D eigenvalue weighted by Gasteiger charge is -2.20. The minimum atomic E-state index is -4.00. The lowest BCUT2D eigenvalue weighted by molar-refractivity contribution is -0.138. The smallest absolute Gasteiger partial charge is 0.350 e. The number of allylic oxidation sites excluding steroid dienone is 2. The van der Waals surface area contributed by atoms with Gasteiger partial charge in [-0.1, -0.05) is 135 Å². The maximum Gasteiger partial charge on any atom is 0.350 e. The second-order valence-electron chi connectivity index (χ2n) is 11.2. The number of ether oxygens (including phenoxy) is 1. The van der Waals surface area contributed by atoms with Crippen LogP contribution in [0.5, 0.6) is 0 Å². The van der Waals surface area contributed by atoms with Crippen LogP contribution in [0.15, 0.2) is 58.5 Å². The molecule has 234 valence electrons. The maximum absolute atomic E-state index is 13.4. The van der Waals surface area contributed by atoms with E-state index in [2.05, 4.69) is 25.7 Å². The molecule has 1 aromatic rings. The third kappa shape index (κ3) is 17.5. The predicted molar refractivity (Wildman–Crippen MR) is 174 cm³/mol. The molecule has 0 aliphatic heterocycles. The number of unbranched alkanes of at least 4 members (excludes halogenated alkanes) is 15. The highest BCUT2D eigenvalue weighted by atomic mass is 32.2. The summed E-state index contributed by atoms with van der Waals surface area (Å²) >= 11 is 0. The molecule has 0 saturated heterocycles. The Hall–Kier alpha value is -2.08. The summed E-state index contributed by atoms with van der Waals surface area (Å²) in [5.74, 6) is -0.773. The molecular weight excluding hydrogens is 530 g/mol. The first-order chi connectivity index (χ1) is 20.0. The molecule has 0 aliphatic carbocycles. The largest absolute Gasteiger partial charge is 0.462 e. The molecule has 0 aliphatic rings. The number of carbonyl (C=O) groups excluding carboxylic acids is 1. The van der Waals surface area contributed by atoms with Crippen LogP contribution in [0.1, 0.15) is 136 Å². The lowest BCUT2D eigenvalue weighted by Crippen LogP contribution is -2.20. The van der Waals surface area contributed by atoms with E-state index in [1.54, 1.807) is 24.3 Å². The van der Waals surface area contributed by atoms with Gasteiger partial charge in [-0.05, 0) is 49.7 Å². The van der Waals surface area contributed by atoms with Gasteiger partial charge in [-0.15, -0.1) is 0 Å². The summed E-state index contributed by atoms with van der Waals surface area (Å²) in [6.07, 6.45) is 26.3. The Kier molecular flexibility index (Phi) is 22.1. The normalized spacial score (nSPS) is 12.2. The second-order valence-corrected chi connectivity index (χ2v) is 13.1. The van der Waals surface area contributed by atoms with Gasteiger partial charge in [0.1, 0.15) is 0 Å². The molecule has 0 N–H and O–H groups in total. The van der Waals surface area contributed by atoms with Crippen molar-refractivity contribution < 1.29 is 17.9 Å². The van der Waals surface area contributed by atoms with Crippen LogP contribution >= 0.6 is 0 Å². The first kappa shape index (κ1) is 36.9. The van der Waals surface area contributed by atoms with Gasteiger partial charge in [0.05, 0.1) is 11.5 Å². The maximum atomic E-state index is 13.4. The molecule has 1 rings (SSSR count). The van der Waals surface area contributed by atoms with E-state index < -0.39 is 15.8 Å². The van der Waals surface area contributed by atoms with Crippen LogP contribution in [0.3, 0.4) is 0 Å². The highest BCUT2D eigenvalue weighted by molar-refractivity contribution is 7.96. The third-order valence-electron chi connectivity index (χ3n) is 7.42. The molecule has 6 heteroatoms. The van der Waals surface area contributed by atoms with E-state index in [4.69, 9.17) is 4.74 Å². The second kappa shape index (κ2) is 24.5. The number of carbonyl (C=O) groups is 1. The Balaban J connectivity index is 2.93. The molecule has 0 spiro atoms. The molecule has 41 heavy (non-hydrogen) atoms. The zero-order valence-electron chi connectivity index (χ0n) is 26.5. The van der Waals surface area contributed by atoms with Gasteiger partial charge in [0.2, 0.25) is 9.84 Å². The molecule has 0 aromatic heterocycles. The molecule has 5 nitrogen and oxygen atoms in total. The minimum Gasteiger partial charge on any atom is -0.462 e. The van der Waals surface area contributed by atoms with Crippen molar-refractivity contribution in [3.63, 3.8) is 0 Å². The van der Waals surface area contributed by atoms with E-state index in [0.717, 1.165) is 45.2 Å². The van der Waals surface area contributed by atoms with Gasteiger partial charge >= 0.3 is 5.97 Å². The molecule has 0 fully saturated rings. The van der Waals surface area contributed by atoms with Crippen LogP contribution in [0.4, 0.5) is 0 Å². The van der Waals surface area contributed by atoms with Gasteiger partial charge in [0, 0.05) is 13.1 Å². The van der Waals surface area contributed by atoms with E-state index in [0.29, 0.717) is 0 Å². The van der Waals surface area contributed by atoms with Gasteiger partial charge < -0.3 is 9.64 Å². The van der Waals surface area contributed by atoms with Crippen molar-refractivity contribution in [1.82, 2.24) is 4.90 Å². The molecule has 0 unspecified atom stereocenters. The third-order valence-corrected chi connectivity index (χ3v) is 9.19. The first-order valence-corrected chi connectivity index (χ1v) is 18.0. The molecule has 1 aromatic carbocycles. The summed E-state index contributed by atoms with van der Waals surface area (Å²) in [6.45, 7) is 8.76. The van der Waals surface area contributed by atoms with Crippen LogP contribution in [-0.4, -0.2) is 39.0 Å². The molecule has 0 amide bonds. The van der Waals surface area contributed by atoms with Gasteiger partial charge in [0.15, 0.2) is 4.91 Å². The van der Waals surface area contributed by atoms with Gasteiger partial charge in [-0.25, -0.2) is 13.2 Å². The predicted octanol–water partition coefficient (Wildman–Crippen LogP) is 9.78. The standard InChI is InChI=1S/C35H59NO4S/c1-4-7-10-13-16-22-29-36(30-23-17-14-11-8-5-2)31-25-28-34(41(38,39)33-26-20-19-21-27-33)35(37)40-32-24-18-15-12-9-6-3/h19-21,25-28,31H,4-18,22-24,29-30,32H2,1-3H3. The molecule has 0 radical (unpaired) electrons. The van der Waals surface area contributed by atoms with Crippen molar-refractivity contribution in [3.8, 4) is 0 Å². The fourth-order valence-corrected chi connectivity index (χ4v) is 6.12. The fraction of sp³-hybridized carbons (Fsp3) is 0.686. The number of esters is 1.